The van der Waals surface area contributed by atoms with Crippen LogP contribution in [-0.4, -0.2) is 19.0 Å². The largest absolute Gasteiger partial charge is 0.573 e. The number of amides is 1. The van der Waals surface area contributed by atoms with E-state index in [1.54, 1.807) is 18.2 Å². The number of carbonyl (C=O) groups excluding carboxylic acids is 1. The minimum absolute atomic E-state index is 0.153. The smallest absolute Gasteiger partial charge is 0.445 e. The highest BCUT2D eigenvalue weighted by molar-refractivity contribution is 9.10. The Morgan fingerprint density at radius 1 is 1.15 bits per heavy atom. The van der Waals surface area contributed by atoms with Gasteiger partial charge in [0.15, 0.2) is 0 Å². The first kappa shape index (κ1) is 19.8. The lowest BCUT2D eigenvalue weighted by Gasteiger charge is -2.10. The molecule has 0 spiro atoms. The quantitative estimate of drug-likeness (QED) is 0.678. The van der Waals surface area contributed by atoms with E-state index >= 15 is 0 Å². The van der Waals surface area contributed by atoms with Crippen molar-refractivity contribution in [2.24, 2.45) is 0 Å². The molecule has 0 heterocycles. The molecule has 2 aromatic carbocycles. The number of halogens is 4. The minimum Gasteiger partial charge on any atom is -0.445 e. The van der Waals surface area contributed by atoms with E-state index in [-0.39, 0.29) is 18.9 Å². The normalized spacial score (nSPS) is 11.4. The Labute approximate surface area is 156 Å². The van der Waals surface area contributed by atoms with Gasteiger partial charge in [0, 0.05) is 11.0 Å². The van der Waals surface area contributed by atoms with Gasteiger partial charge >= 0.3 is 12.5 Å². The van der Waals surface area contributed by atoms with Crippen LogP contribution in [-0.2, 0) is 11.3 Å². The lowest BCUT2D eigenvalue weighted by atomic mass is 10.2. The van der Waals surface area contributed by atoms with Crippen molar-refractivity contribution in [3.05, 3.63) is 70.2 Å². The van der Waals surface area contributed by atoms with Crippen LogP contribution in [0.5, 0.6) is 5.75 Å². The number of nitrogens with one attached hydrogen (secondary N) is 1. The monoisotopic (exact) mass is 429 g/mol. The topological polar surface area (TPSA) is 47.6 Å². The molecule has 1 N–H and O–H groups in total. The van der Waals surface area contributed by atoms with Crippen LogP contribution in [0.3, 0.4) is 0 Å². The molecular weight excluding hydrogens is 415 g/mol. The van der Waals surface area contributed by atoms with Crippen molar-refractivity contribution in [2.45, 2.75) is 13.0 Å². The molecule has 8 heteroatoms. The number of hydrogen-bond acceptors (Lipinski definition) is 3. The van der Waals surface area contributed by atoms with Crippen LogP contribution in [0.25, 0.3) is 6.08 Å². The number of rotatable bonds is 6. The highest BCUT2D eigenvalue weighted by Gasteiger charge is 2.31. The number of alkyl carbamates (subject to hydrolysis) is 1. The van der Waals surface area contributed by atoms with Gasteiger partial charge in [-0.15, -0.1) is 13.2 Å². The minimum atomic E-state index is -4.76. The summed E-state index contributed by atoms with van der Waals surface area (Å²) >= 11 is 3.12. The third kappa shape index (κ3) is 7.60. The maximum absolute atomic E-state index is 12.3. The van der Waals surface area contributed by atoms with Crippen molar-refractivity contribution in [3.8, 4) is 5.75 Å². The Kier molecular flexibility index (Phi) is 7.08. The fourth-order valence-electron chi connectivity index (χ4n) is 1.98. The summed E-state index contributed by atoms with van der Waals surface area (Å²) < 4.78 is 46.2. The Bertz CT molecular complexity index is 764. The van der Waals surface area contributed by atoms with Gasteiger partial charge in [-0.2, -0.15) is 0 Å². The van der Waals surface area contributed by atoms with Crippen LogP contribution in [0.2, 0.25) is 0 Å². The Balaban J connectivity index is 1.81. The van der Waals surface area contributed by atoms with E-state index < -0.39 is 12.5 Å². The number of ether oxygens (including phenoxy) is 2. The lowest BCUT2D eigenvalue weighted by Crippen LogP contribution is -2.24. The first-order valence-electron chi connectivity index (χ1n) is 7.49. The standard InChI is InChI=1S/C18H15BrF3NO3/c19-15-9-14(10-16(11-15)26-18(20,21)22)7-4-8-23-17(24)25-12-13-5-2-1-3-6-13/h1-7,9-11H,8,12H2,(H,23,24). The van der Waals surface area contributed by atoms with E-state index in [0.29, 0.717) is 10.0 Å². The molecule has 1 amide bonds. The van der Waals surface area contributed by atoms with Gasteiger partial charge in [0.2, 0.25) is 0 Å². The molecular formula is C18H15BrF3NO3. The van der Waals surface area contributed by atoms with Crippen LogP contribution in [0.15, 0.2) is 59.1 Å². The highest BCUT2D eigenvalue weighted by Crippen LogP contribution is 2.27. The van der Waals surface area contributed by atoms with E-state index in [4.69, 9.17) is 4.74 Å². The van der Waals surface area contributed by atoms with Gasteiger partial charge in [0.05, 0.1) is 0 Å². The van der Waals surface area contributed by atoms with E-state index in [9.17, 15) is 18.0 Å². The van der Waals surface area contributed by atoms with Crippen LogP contribution in [0.1, 0.15) is 11.1 Å². The number of carbonyl (C=O) groups is 1. The maximum Gasteiger partial charge on any atom is 0.573 e. The Hall–Kier alpha value is -2.48. The predicted molar refractivity (Wildman–Crippen MR) is 94.5 cm³/mol. The number of benzene rings is 2. The Morgan fingerprint density at radius 3 is 2.58 bits per heavy atom. The van der Waals surface area contributed by atoms with Crippen LogP contribution < -0.4 is 10.1 Å². The van der Waals surface area contributed by atoms with Gasteiger partial charge in [-0.25, -0.2) is 4.79 Å². The van der Waals surface area contributed by atoms with Gasteiger partial charge in [-0.3, -0.25) is 0 Å². The van der Waals surface area contributed by atoms with Crippen molar-refractivity contribution >= 4 is 28.1 Å². The van der Waals surface area contributed by atoms with Crippen molar-refractivity contribution in [2.75, 3.05) is 6.54 Å². The summed E-state index contributed by atoms with van der Waals surface area (Å²) in [5.41, 5.74) is 1.35. The van der Waals surface area contributed by atoms with E-state index in [1.165, 1.54) is 12.1 Å². The molecule has 0 saturated carbocycles. The molecule has 0 bridgehead atoms. The molecule has 2 aromatic rings. The van der Waals surface area contributed by atoms with Crippen molar-refractivity contribution in [1.82, 2.24) is 5.32 Å². The fraction of sp³-hybridized carbons (Fsp3) is 0.167. The molecule has 0 aliphatic rings. The summed E-state index contributed by atoms with van der Waals surface area (Å²) in [6, 6.07) is 13.3. The molecule has 26 heavy (non-hydrogen) atoms. The molecule has 0 radical (unpaired) electrons. The summed E-state index contributed by atoms with van der Waals surface area (Å²) in [7, 11) is 0. The zero-order valence-corrected chi connectivity index (χ0v) is 15.0. The second kappa shape index (κ2) is 9.28. The molecule has 0 unspecified atom stereocenters. The molecule has 138 valence electrons. The summed E-state index contributed by atoms with van der Waals surface area (Å²) in [6.07, 6.45) is -2.20. The predicted octanol–water partition coefficient (Wildman–Crippen LogP) is 5.29. The second-order valence-electron chi connectivity index (χ2n) is 5.11. The van der Waals surface area contributed by atoms with E-state index in [0.717, 1.165) is 5.56 Å². The molecule has 0 atom stereocenters. The summed E-state index contributed by atoms with van der Waals surface area (Å²) in [5, 5.41) is 2.52. The molecule has 2 rings (SSSR count). The number of alkyl halides is 3. The molecule has 0 aliphatic heterocycles. The third-order valence-electron chi connectivity index (χ3n) is 3.01. The molecule has 0 fully saturated rings. The van der Waals surface area contributed by atoms with Crippen molar-refractivity contribution in [1.29, 1.82) is 0 Å². The molecule has 0 saturated heterocycles. The SMILES string of the molecule is O=C(NCC=Cc1cc(Br)cc(OC(F)(F)F)c1)OCc1ccccc1. The van der Waals surface area contributed by atoms with Gasteiger partial charge in [0.25, 0.3) is 0 Å². The summed E-state index contributed by atoms with van der Waals surface area (Å²) in [4.78, 5) is 11.6. The average Bonchev–Trinajstić information content (AvgIpc) is 2.56. The fourth-order valence-corrected chi connectivity index (χ4v) is 2.47. The van der Waals surface area contributed by atoms with Crippen molar-refractivity contribution in [3.63, 3.8) is 0 Å². The zero-order chi connectivity index (χ0) is 19.0. The molecule has 4 nitrogen and oxygen atoms in total. The number of hydrogen-bond donors (Lipinski definition) is 1. The van der Waals surface area contributed by atoms with Crippen LogP contribution in [0, 0.1) is 0 Å². The third-order valence-corrected chi connectivity index (χ3v) is 3.47. The van der Waals surface area contributed by atoms with Crippen LogP contribution >= 0.6 is 15.9 Å². The lowest BCUT2D eigenvalue weighted by molar-refractivity contribution is -0.274. The van der Waals surface area contributed by atoms with E-state index in [2.05, 4.69) is 26.0 Å². The Morgan fingerprint density at radius 2 is 1.88 bits per heavy atom. The summed E-state index contributed by atoms with van der Waals surface area (Å²) in [5.74, 6) is -0.332. The zero-order valence-electron chi connectivity index (χ0n) is 13.4. The maximum atomic E-state index is 12.3. The van der Waals surface area contributed by atoms with Gasteiger partial charge in [0.1, 0.15) is 12.4 Å². The van der Waals surface area contributed by atoms with Crippen LogP contribution in [0.4, 0.5) is 18.0 Å². The average molecular weight is 430 g/mol. The van der Waals surface area contributed by atoms with Gasteiger partial charge in [-0.05, 0) is 29.3 Å². The first-order chi connectivity index (χ1) is 12.3. The summed E-state index contributed by atoms with van der Waals surface area (Å²) in [6.45, 7) is 0.315. The molecule has 0 aromatic heterocycles. The van der Waals surface area contributed by atoms with Gasteiger partial charge < -0.3 is 14.8 Å². The van der Waals surface area contributed by atoms with Crippen molar-refractivity contribution < 1.29 is 27.4 Å². The second-order valence-corrected chi connectivity index (χ2v) is 6.03. The van der Waals surface area contributed by atoms with Gasteiger partial charge in [-0.1, -0.05) is 58.4 Å². The highest BCUT2D eigenvalue weighted by atomic mass is 79.9. The van der Waals surface area contributed by atoms with E-state index in [1.807, 2.05) is 30.3 Å². The first-order valence-corrected chi connectivity index (χ1v) is 8.28. The molecule has 0 aliphatic carbocycles.